The Morgan fingerprint density at radius 3 is 2.21 bits per heavy atom. The number of nitrogens with zero attached hydrogens (tertiary/aromatic N) is 2. The Balaban J connectivity index is 1.41. The van der Waals surface area contributed by atoms with Gasteiger partial charge in [0.15, 0.2) is 0 Å². The number of carbonyl (C=O) groups excluding carboxylic acids is 1. The summed E-state index contributed by atoms with van der Waals surface area (Å²) < 4.78 is 57.7. The van der Waals surface area contributed by atoms with Gasteiger partial charge in [-0.25, -0.2) is 16.8 Å². The second-order valence-electron chi connectivity index (χ2n) is 11.2. The Hall–Kier alpha value is -2.92. The molecule has 1 N–H and O–H groups in total. The zero-order valence-electron chi connectivity index (χ0n) is 24.1. The molecule has 1 aliphatic carbocycles. The van der Waals surface area contributed by atoms with Crippen molar-refractivity contribution >= 4 is 48.9 Å². The molecule has 3 aromatic rings. The maximum atomic E-state index is 14.1. The number of aryl methyl sites for hydroxylation is 3. The van der Waals surface area contributed by atoms with Crippen molar-refractivity contribution in [2.75, 3.05) is 22.7 Å². The normalized spacial score (nSPS) is 16.1. The minimum atomic E-state index is -3.96. The minimum absolute atomic E-state index is 0.129. The first-order valence-corrected chi connectivity index (χ1v) is 17.4. The van der Waals surface area contributed by atoms with E-state index in [1.165, 1.54) is 32.9 Å². The topological polar surface area (TPSA) is 104 Å². The third kappa shape index (κ3) is 6.08. The van der Waals surface area contributed by atoms with E-state index in [1.54, 1.807) is 32.0 Å². The van der Waals surface area contributed by atoms with Crippen LogP contribution >= 0.6 is 11.6 Å². The molecule has 5 rings (SSSR count). The summed E-state index contributed by atoms with van der Waals surface area (Å²) in [5.41, 5.74) is 4.05. The van der Waals surface area contributed by atoms with Crippen LogP contribution in [0.25, 0.3) is 0 Å². The molecule has 0 saturated heterocycles. The highest BCUT2D eigenvalue weighted by atomic mass is 35.5. The number of carbonyl (C=O) groups is 1. The number of halogens is 1. The van der Waals surface area contributed by atoms with Gasteiger partial charge in [0.25, 0.3) is 10.0 Å². The summed E-state index contributed by atoms with van der Waals surface area (Å²) in [6.07, 6.45) is 4.81. The lowest BCUT2D eigenvalue weighted by Crippen LogP contribution is -2.46. The molecule has 1 aliphatic heterocycles. The Morgan fingerprint density at radius 2 is 1.57 bits per heavy atom. The Bertz CT molecular complexity index is 1690. The summed E-state index contributed by atoms with van der Waals surface area (Å²) in [5, 5.41) is 3.28. The van der Waals surface area contributed by atoms with Crippen LogP contribution in [0.2, 0.25) is 5.02 Å². The lowest BCUT2D eigenvalue weighted by Gasteiger charge is -2.33. The van der Waals surface area contributed by atoms with Crippen LogP contribution in [0.5, 0.6) is 0 Å². The second kappa shape index (κ2) is 12.0. The van der Waals surface area contributed by atoms with E-state index in [2.05, 4.69) is 5.32 Å². The summed E-state index contributed by atoms with van der Waals surface area (Å²) >= 11 is 5.95. The summed E-state index contributed by atoms with van der Waals surface area (Å²) in [6, 6.07) is 14.6. The first-order chi connectivity index (χ1) is 19.9. The number of rotatable bonds is 8. The van der Waals surface area contributed by atoms with E-state index in [4.69, 9.17) is 11.6 Å². The molecular formula is C31H36ClN3O5S2. The maximum absolute atomic E-state index is 14.1. The monoisotopic (exact) mass is 629 g/mol. The van der Waals surface area contributed by atoms with Gasteiger partial charge in [-0.05, 0) is 93.1 Å². The fourth-order valence-electron chi connectivity index (χ4n) is 6.22. The molecule has 1 saturated carbocycles. The highest BCUT2D eigenvalue weighted by Crippen LogP contribution is 2.36. The molecule has 224 valence electrons. The average molecular weight is 630 g/mol. The third-order valence-electron chi connectivity index (χ3n) is 8.08. The maximum Gasteiger partial charge on any atom is 0.264 e. The van der Waals surface area contributed by atoms with E-state index >= 15 is 0 Å². The van der Waals surface area contributed by atoms with Gasteiger partial charge in [-0.1, -0.05) is 54.6 Å². The van der Waals surface area contributed by atoms with Crippen LogP contribution in [-0.2, 0) is 31.3 Å². The second-order valence-corrected chi connectivity index (χ2v) is 15.4. The van der Waals surface area contributed by atoms with E-state index < -0.39 is 26.0 Å². The molecular weight excluding hydrogens is 594 g/mol. The molecule has 1 amide bonds. The molecule has 0 aromatic heterocycles. The molecule has 2 aliphatic rings. The predicted molar refractivity (Wildman–Crippen MR) is 166 cm³/mol. The molecule has 0 radical (unpaired) electrons. The molecule has 0 bridgehead atoms. The van der Waals surface area contributed by atoms with Gasteiger partial charge in [0.2, 0.25) is 15.9 Å². The van der Waals surface area contributed by atoms with Gasteiger partial charge >= 0.3 is 0 Å². The average Bonchev–Trinajstić information content (AvgIpc) is 3.36. The van der Waals surface area contributed by atoms with Crippen LogP contribution in [0.1, 0.15) is 54.4 Å². The van der Waals surface area contributed by atoms with Crippen LogP contribution in [0.4, 0.5) is 11.4 Å². The van der Waals surface area contributed by atoms with Crippen LogP contribution in [0, 0.1) is 20.8 Å². The largest absolute Gasteiger partial charge is 0.325 e. The number of amides is 1. The fourth-order valence-corrected chi connectivity index (χ4v) is 9.90. The first kappa shape index (κ1) is 30.5. The van der Waals surface area contributed by atoms with Crippen LogP contribution in [0.15, 0.2) is 64.4 Å². The van der Waals surface area contributed by atoms with E-state index in [9.17, 15) is 21.6 Å². The highest BCUT2D eigenvalue weighted by molar-refractivity contribution is 7.92. The van der Waals surface area contributed by atoms with Gasteiger partial charge in [-0.15, -0.1) is 0 Å². The highest BCUT2D eigenvalue weighted by Gasteiger charge is 2.36. The standard InChI is InChI=1S/C31H36ClN3O5S2/c1-21-17-22(2)31(23(3)18-21)42(39,40)35(27-7-5-4-6-8-27)20-30(36)33-26-12-9-24-15-16-34(29(24)19-26)41(37,38)28-13-10-25(32)11-14-28/h9-14,17-19,27H,4-8,15-16,20H2,1-3H3,(H,33,36). The van der Waals surface area contributed by atoms with Crippen molar-refractivity contribution in [3.8, 4) is 0 Å². The van der Waals surface area contributed by atoms with Gasteiger partial charge in [0, 0.05) is 23.3 Å². The molecule has 11 heteroatoms. The molecule has 1 fully saturated rings. The molecule has 8 nitrogen and oxygen atoms in total. The van der Waals surface area contributed by atoms with Crippen molar-refractivity contribution in [1.29, 1.82) is 0 Å². The number of nitrogens with one attached hydrogen (secondary N) is 1. The summed E-state index contributed by atoms with van der Waals surface area (Å²) in [6.45, 7) is 5.46. The van der Waals surface area contributed by atoms with Crippen molar-refractivity contribution in [1.82, 2.24) is 4.31 Å². The van der Waals surface area contributed by atoms with Gasteiger partial charge < -0.3 is 5.32 Å². The lowest BCUT2D eigenvalue weighted by molar-refractivity contribution is -0.116. The predicted octanol–water partition coefficient (Wildman–Crippen LogP) is 5.98. The molecule has 3 aromatic carbocycles. The fraction of sp³-hybridized carbons (Fsp3) is 0.387. The molecule has 1 heterocycles. The first-order valence-electron chi connectivity index (χ1n) is 14.2. The molecule has 0 unspecified atom stereocenters. The van der Waals surface area contributed by atoms with Gasteiger partial charge in [0.05, 0.1) is 22.0 Å². The smallest absolute Gasteiger partial charge is 0.264 e. The number of benzene rings is 3. The lowest BCUT2D eigenvalue weighted by atomic mass is 9.95. The van der Waals surface area contributed by atoms with Crippen LogP contribution in [-0.4, -0.2) is 46.2 Å². The van der Waals surface area contributed by atoms with Crippen molar-refractivity contribution in [2.24, 2.45) is 0 Å². The zero-order chi connectivity index (χ0) is 30.2. The summed E-state index contributed by atoms with van der Waals surface area (Å²) in [5.74, 6) is -0.475. The van der Waals surface area contributed by atoms with Crippen molar-refractivity contribution in [3.05, 3.63) is 81.9 Å². The van der Waals surface area contributed by atoms with E-state index in [0.29, 0.717) is 46.8 Å². The zero-order valence-corrected chi connectivity index (χ0v) is 26.4. The van der Waals surface area contributed by atoms with Crippen LogP contribution < -0.4 is 9.62 Å². The Kier molecular flexibility index (Phi) is 8.72. The van der Waals surface area contributed by atoms with Gasteiger partial charge in [-0.3, -0.25) is 9.10 Å². The minimum Gasteiger partial charge on any atom is -0.325 e. The number of hydrogen-bond acceptors (Lipinski definition) is 5. The molecule has 0 atom stereocenters. The van der Waals surface area contributed by atoms with Crippen LogP contribution in [0.3, 0.4) is 0 Å². The molecule has 42 heavy (non-hydrogen) atoms. The van der Waals surface area contributed by atoms with Crippen molar-refractivity contribution in [2.45, 2.75) is 75.1 Å². The Labute approximate surface area is 253 Å². The number of sulfonamides is 2. The number of anilines is 2. The Morgan fingerprint density at radius 1 is 0.929 bits per heavy atom. The number of hydrogen-bond donors (Lipinski definition) is 1. The SMILES string of the molecule is Cc1cc(C)c(S(=O)(=O)N(CC(=O)Nc2ccc3c(c2)N(S(=O)(=O)c2ccc(Cl)cc2)CC3)C2CCCCC2)c(C)c1. The third-order valence-corrected chi connectivity index (χ3v) is 12.4. The van der Waals surface area contributed by atoms with Crippen molar-refractivity contribution < 1.29 is 21.6 Å². The van der Waals surface area contributed by atoms with Gasteiger partial charge in [0.1, 0.15) is 0 Å². The molecule has 0 spiro atoms. The van der Waals surface area contributed by atoms with Crippen molar-refractivity contribution in [3.63, 3.8) is 0 Å². The van der Waals surface area contributed by atoms with E-state index in [1.807, 2.05) is 19.1 Å². The quantitative estimate of drug-likeness (QED) is 0.330. The van der Waals surface area contributed by atoms with E-state index in [-0.39, 0.29) is 28.9 Å². The van der Waals surface area contributed by atoms with E-state index in [0.717, 1.165) is 30.4 Å². The van der Waals surface area contributed by atoms with Gasteiger partial charge in [-0.2, -0.15) is 4.31 Å². The number of fused-ring (bicyclic) bond motifs is 1. The summed E-state index contributed by atoms with van der Waals surface area (Å²) in [4.78, 5) is 13.8. The summed E-state index contributed by atoms with van der Waals surface area (Å²) in [7, 11) is -7.80.